The van der Waals surface area contributed by atoms with Gasteiger partial charge in [-0.25, -0.2) is 9.59 Å². The number of aliphatic carboxylic acids is 1. The molecule has 0 unspecified atom stereocenters. The fourth-order valence-corrected chi connectivity index (χ4v) is 2.88. The molecule has 116 valence electrons. The summed E-state index contributed by atoms with van der Waals surface area (Å²) in [6, 6.07) is 0.0652. The maximum Gasteiger partial charge on any atom is 0.329 e. The Morgan fingerprint density at radius 3 is 2.05 bits per heavy atom. The molecule has 0 aliphatic heterocycles. The molecule has 0 aromatic carbocycles. The van der Waals surface area contributed by atoms with Crippen LogP contribution >= 0.6 is 0 Å². The Morgan fingerprint density at radius 2 is 1.65 bits per heavy atom. The second-order valence-electron chi connectivity index (χ2n) is 6.15. The highest BCUT2D eigenvalue weighted by molar-refractivity contribution is 5.85. The van der Waals surface area contributed by atoms with Crippen molar-refractivity contribution in [2.24, 2.45) is 0 Å². The maximum absolute atomic E-state index is 12.6. The average molecular weight is 284 g/mol. The molecule has 0 bridgehead atoms. The molecular weight excluding hydrogens is 256 g/mol. The number of carboxylic acid groups (broad SMARTS) is 1. The molecule has 0 aromatic rings. The van der Waals surface area contributed by atoms with Crippen LogP contribution in [0.3, 0.4) is 0 Å². The molecule has 0 atom stereocenters. The van der Waals surface area contributed by atoms with E-state index < -0.39 is 11.5 Å². The Morgan fingerprint density at radius 1 is 1.15 bits per heavy atom. The number of carbonyl (C=O) groups excluding carboxylic acids is 1. The molecule has 0 spiro atoms. The maximum atomic E-state index is 12.6. The highest BCUT2D eigenvalue weighted by Crippen LogP contribution is 2.24. The Balaban J connectivity index is 2.81. The highest BCUT2D eigenvalue weighted by Gasteiger charge is 2.39. The second kappa shape index (κ2) is 6.95. The molecule has 1 rings (SSSR count). The summed E-state index contributed by atoms with van der Waals surface area (Å²) in [5, 5.41) is 9.32. The van der Waals surface area contributed by atoms with E-state index in [2.05, 4.69) is 0 Å². The van der Waals surface area contributed by atoms with Crippen molar-refractivity contribution in [3.05, 3.63) is 0 Å². The van der Waals surface area contributed by atoms with Gasteiger partial charge >= 0.3 is 12.0 Å². The lowest BCUT2D eigenvalue weighted by Gasteiger charge is -2.39. The van der Waals surface area contributed by atoms with Crippen molar-refractivity contribution in [2.45, 2.75) is 70.9 Å². The number of amides is 2. The fourth-order valence-electron chi connectivity index (χ4n) is 2.88. The first-order chi connectivity index (χ1) is 9.32. The monoisotopic (exact) mass is 284 g/mol. The van der Waals surface area contributed by atoms with Crippen LogP contribution in [-0.4, -0.2) is 52.1 Å². The molecule has 1 aliphatic rings. The van der Waals surface area contributed by atoms with Gasteiger partial charge < -0.3 is 14.9 Å². The SMILES string of the molecule is CCN(C(=O)N(C)C1CCCCCC1)C(C)(C)C(=O)O. The van der Waals surface area contributed by atoms with Crippen LogP contribution in [0.1, 0.15) is 59.3 Å². The van der Waals surface area contributed by atoms with E-state index >= 15 is 0 Å². The topological polar surface area (TPSA) is 60.9 Å². The summed E-state index contributed by atoms with van der Waals surface area (Å²) in [6.07, 6.45) is 6.81. The van der Waals surface area contributed by atoms with Crippen LogP contribution in [-0.2, 0) is 4.79 Å². The lowest BCUT2D eigenvalue weighted by Crippen LogP contribution is -2.57. The molecule has 1 saturated carbocycles. The first-order valence-corrected chi connectivity index (χ1v) is 7.60. The molecule has 0 saturated heterocycles. The van der Waals surface area contributed by atoms with Crippen LogP contribution in [0.5, 0.6) is 0 Å². The van der Waals surface area contributed by atoms with Crippen LogP contribution in [0.25, 0.3) is 0 Å². The predicted octanol–water partition coefficient (Wildman–Crippen LogP) is 2.95. The lowest BCUT2D eigenvalue weighted by molar-refractivity contribution is -0.147. The second-order valence-corrected chi connectivity index (χ2v) is 6.15. The van der Waals surface area contributed by atoms with Crippen molar-refractivity contribution in [3.8, 4) is 0 Å². The first kappa shape index (κ1) is 16.8. The van der Waals surface area contributed by atoms with Crippen molar-refractivity contribution in [2.75, 3.05) is 13.6 Å². The van der Waals surface area contributed by atoms with Crippen LogP contribution in [0.2, 0.25) is 0 Å². The van der Waals surface area contributed by atoms with Gasteiger partial charge in [0.15, 0.2) is 0 Å². The van der Waals surface area contributed by atoms with Gasteiger partial charge in [-0.05, 0) is 33.6 Å². The van der Waals surface area contributed by atoms with E-state index in [0.717, 1.165) is 25.7 Å². The predicted molar refractivity (Wildman–Crippen MR) is 78.7 cm³/mol. The van der Waals surface area contributed by atoms with Crippen molar-refractivity contribution in [1.29, 1.82) is 0 Å². The molecular formula is C15H28N2O3. The van der Waals surface area contributed by atoms with Crippen molar-refractivity contribution in [1.82, 2.24) is 9.80 Å². The van der Waals surface area contributed by atoms with E-state index in [9.17, 15) is 14.7 Å². The number of hydrogen-bond donors (Lipinski definition) is 1. The van der Waals surface area contributed by atoms with Gasteiger partial charge in [-0.3, -0.25) is 0 Å². The Hall–Kier alpha value is -1.26. The van der Waals surface area contributed by atoms with Gasteiger partial charge in [0.25, 0.3) is 0 Å². The van der Waals surface area contributed by atoms with Gasteiger partial charge in [0.05, 0.1) is 0 Å². The van der Waals surface area contributed by atoms with E-state index in [0.29, 0.717) is 6.54 Å². The van der Waals surface area contributed by atoms with Crippen LogP contribution in [0.4, 0.5) is 4.79 Å². The molecule has 1 aliphatic carbocycles. The summed E-state index contributed by atoms with van der Waals surface area (Å²) in [7, 11) is 1.80. The number of urea groups is 1. The molecule has 1 fully saturated rings. The minimum Gasteiger partial charge on any atom is -0.480 e. The zero-order valence-corrected chi connectivity index (χ0v) is 13.2. The highest BCUT2D eigenvalue weighted by atomic mass is 16.4. The molecule has 5 nitrogen and oxygen atoms in total. The standard InChI is InChI=1S/C15H28N2O3/c1-5-17(15(2,3)13(18)19)14(20)16(4)12-10-8-6-7-9-11-12/h12H,5-11H2,1-4H3,(H,18,19). The Kier molecular flexibility index (Phi) is 5.84. The Labute approximate surface area is 121 Å². The normalized spacial score (nSPS) is 17.4. The first-order valence-electron chi connectivity index (χ1n) is 7.60. The number of carbonyl (C=O) groups is 2. The summed E-state index contributed by atoms with van der Waals surface area (Å²) >= 11 is 0. The molecule has 1 N–H and O–H groups in total. The average Bonchev–Trinajstić information content (AvgIpc) is 2.66. The molecule has 0 radical (unpaired) electrons. The van der Waals surface area contributed by atoms with Crippen molar-refractivity contribution in [3.63, 3.8) is 0 Å². The fraction of sp³-hybridized carbons (Fsp3) is 0.867. The van der Waals surface area contributed by atoms with Crippen molar-refractivity contribution >= 4 is 12.0 Å². The zero-order valence-electron chi connectivity index (χ0n) is 13.2. The van der Waals surface area contributed by atoms with Crippen molar-refractivity contribution < 1.29 is 14.7 Å². The lowest BCUT2D eigenvalue weighted by atomic mass is 10.0. The van der Waals surface area contributed by atoms with Crippen LogP contribution < -0.4 is 0 Å². The third-order valence-corrected chi connectivity index (χ3v) is 4.42. The molecule has 5 heteroatoms. The van der Waals surface area contributed by atoms with Gasteiger partial charge in [-0.1, -0.05) is 25.7 Å². The van der Waals surface area contributed by atoms with E-state index in [4.69, 9.17) is 0 Å². The number of likely N-dealkylation sites (N-methyl/N-ethyl adjacent to an activating group) is 1. The van der Waals surface area contributed by atoms with Gasteiger partial charge in [0, 0.05) is 19.6 Å². The van der Waals surface area contributed by atoms with Gasteiger partial charge in [0.1, 0.15) is 5.54 Å². The quantitative estimate of drug-likeness (QED) is 0.807. The summed E-state index contributed by atoms with van der Waals surface area (Å²) < 4.78 is 0. The summed E-state index contributed by atoms with van der Waals surface area (Å²) in [5.41, 5.74) is -1.18. The van der Waals surface area contributed by atoms with E-state index in [1.54, 1.807) is 25.8 Å². The number of hydrogen-bond acceptors (Lipinski definition) is 2. The summed E-state index contributed by atoms with van der Waals surface area (Å²) in [5.74, 6) is -0.970. The van der Waals surface area contributed by atoms with Gasteiger partial charge in [-0.2, -0.15) is 0 Å². The van der Waals surface area contributed by atoms with E-state index in [1.807, 2.05) is 6.92 Å². The zero-order chi connectivity index (χ0) is 15.3. The third-order valence-electron chi connectivity index (χ3n) is 4.42. The summed E-state index contributed by atoms with van der Waals surface area (Å²) in [6.45, 7) is 5.38. The van der Waals surface area contributed by atoms with Gasteiger partial charge in [0.2, 0.25) is 0 Å². The minimum absolute atomic E-state index is 0.174. The smallest absolute Gasteiger partial charge is 0.329 e. The van der Waals surface area contributed by atoms with E-state index in [-0.39, 0.29) is 12.1 Å². The molecule has 20 heavy (non-hydrogen) atoms. The number of rotatable bonds is 4. The van der Waals surface area contributed by atoms with E-state index in [1.165, 1.54) is 17.7 Å². The minimum atomic E-state index is -1.18. The Bertz CT molecular complexity index is 347. The number of carboxylic acids is 1. The molecule has 0 aromatic heterocycles. The third kappa shape index (κ3) is 3.64. The molecule has 2 amide bonds. The van der Waals surface area contributed by atoms with Gasteiger partial charge in [-0.15, -0.1) is 0 Å². The summed E-state index contributed by atoms with van der Waals surface area (Å²) in [4.78, 5) is 27.2. The number of nitrogens with zero attached hydrogens (tertiary/aromatic N) is 2. The van der Waals surface area contributed by atoms with Crippen LogP contribution in [0.15, 0.2) is 0 Å². The largest absolute Gasteiger partial charge is 0.480 e. The molecule has 0 heterocycles. The van der Waals surface area contributed by atoms with Crippen LogP contribution in [0, 0.1) is 0 Å².